The van der Waals surface area contributed by atoms with Crippen LogP contribution in [0.25, 0.3) is 11.4 Å². The van der Waals surface area contributed by atoms with Crippen molar-refractivity contribution in [2.75, 3.05) is 18.0 Å². The highest BCUT2D eigenvalue weighted by molar-refractivity contribution is 7.71. The Hall–Kier alpha value is -2.73. The second-order valence-electron chi connectivity index (χ2n) is 8.00. The summed E-state index contributed by atoms with van der Waals surface area (Å²) >= 11 is 5.38. The quantitative estimate of drug-likeness (QED) is 0.425. The second-order valence-corrected chi connectivity index (χ2v) is 8.39. The third-order valence-corrected chi connectivity index (χ3v) is 5.27. The molecule has 0 fully saturated rings. The number of nitrogens with zero attached hydrogens (tertiary/aromatic N) is 4. The number of aromatic nitrogens is 3. The van der Waals surface area contributed by atoms with Gasteiger partial charge in [0, 0.05) is 24.3 Å². The number of hydrogen-bond donors (Lipinski definition) is 1. The lowest BCUT2D eigenvalue weighted by molar-refractivity contribution is 0.590. The van der Waals surface area contributed by atoms with Crippen LogP contribution in [0.2, 0.25) is 0 Å². The van der Waals surface area contributed by atoms with Gasteiger partial charge in [-0.05, 0) is 54.7 Å². The molecular weight excluding hydrogens is 378 g/mol. The molecule has 6 heteroatoms. The number of benzene rings is 2. The van der Waals surface area contributed by atoms with Gasteiger partial charge in [0.2, 0.25) is 4.77 Å². The molecule has 2 aromatic carbocycles. The van der Waals surface area contributed by atoms with Crippen LogP contribution in [0, 0.1) is 4.77 Å². The van der Waals surface area contributed by atoms with E-state index in [1.807, 2.05) is 6.21 Å². The molecule has 0 amide bonds. The smallest absolute Gasteiger partial charge is 0.216 e. The first kappa shape index (κ1) is 21.0. The van der Waals surface area contributed by atoms with E-state index in [-0.39, 0.29) is 5.41 Å². The second kappa shape index (κ2) is 8.74. The Labute approximate surface area is 178 Å². The van der Waals surface area contributed by atoms with Crippen molar-refractivity contribution in [3.63, 3.8) is 0 Å². The molecule has 0 unspecified atom stereocenters. The fourth-order valence-electron chi connectivity index (χ4n) is 3.19. The maximum atomic E-state index is 5.38. The molecule has 29 heavy (non-hydrogen) atoms. The highest BCUT2D eigenvalue weighted by Gasteiger charge is 2.14. The lowest BCUT2D eigenvalue weighted by Crippen LogP contribution is -2.21. The topological polar surface area (TPSA) is 49.2 Å². The van der Waals surface area contributed by atoms with Gasteiger partial charge >= 0.3 is 0 Å². The van der Waals surface area contributed by atoms with Crippen molar-refractivity contribution >= 4 is 24.1 Å². The minimum atomic E-state index is 0.110. The van der Waals surface area contributed by atoms with E-state index in [1.54, 1.807) is 4.68 Å². The number of H-pyrrole nitrogens is 1. The summed E-state index contributed by atoms with van der Waals surface area (Å²) in [7, 11) is 0. The summed E-state index contributed by atoms with van der Waals surface area (Å²) in [6, 6.07) is 16.8. The fourth-order valence-corrected chi connectivity index (χ4v) is 3.37. The summed E-state index contributed by atoms with van der Waals surface area (Å²) in [4.78, 5) is 2.31. The number of rotatable bonds is 6. The lowest BCUT2D eigenvalue weighted by atomic mass is 9.87. The Balaban J connectivity index is 1.86. The molecule has 0 aliphatic carbocycles. The van der Waals surface area contributed by atoms with Gasteiger partial charge in [-0.3, -0.25) is 0 Å². The van der Waals surface area contributed by atoms with Crippen LogP contribution in [0.3, 0.4) is 0 Å². The lowest BCUT2D eigenvalue weighted by Gasteiger charge is -2.20. The summed E-state index contributed by atoms with van der Waals surface area (Å²) < 4.78 is 2.13. The van der Waals surface area contributed by atoms with Crippen LogP contribution in [0.4, 0.5) is 5.69 Å². The van der Waals surface area contributed by atoms with Crippen LogP contribution >= 0.6 is 12.2 Å². The van der Waals surface area contributed by atoms with Gasteiger partial charge in [0.25, 0.3) is 0 Å². The van der Waals surface area contributed by atoms with E-state index < -0.39 is 0 Å². The summed E-state index contributed by atoms with van der Waals surface area (Å²) in [5.74, 6) is 0.700. The molecule has 152 valence electrons. The molecule has 5 nitrogen and oxygen atoms in total. The predicted octanol–water partition coefficient (Wildman–Crippen LogP) is 5.63. The van der Waals surface area contributed by atoms with Gasteiger partial charge in [-0.1, -0.05) is 57.2 Å². The van der Waals surface area contributed by atoms with Gasteiger partial charge in [0.05, 0.1) is 6.21 Å². The molecule has 3 rings (SSSR count). The first-order chi connectivity index (χ1) is 13.8. The molecule has 1 N–H and O–H groups in total. The van der Waals surface area contributed by atoms with Crippen molar-refractivity contribution in [2.24, 2.45) is 5.10 Å². The Kier molecular flexibility index (Phi) is 6.33. The summed E-state index contributed by atoms with van der Waals surface area (Å²) in [5.41, 5.74) is 4.58. The molecule has 0 aliphatic heterocycles. The SMILES string of the molecule is CCN(CC)c1ccc(/C=N\n2c(-c3ccc(C(C)(C)C)cc3)n[nH]c2=S)cc1. The first-order valence-corrected chi connectivity index (χ1v) is 10.4. The van der Waals surface area contributed by atoms with Crippen molar-refractivity contribution in [2.45, 2.75) is 40.0 Å². The van der Waals surface area contributed by atoms with E-state index in [0.29, 0.717) is 10.6 Å². The first-order valence-electron chi connectivity index (χ1n) is 10.0. The van der Waals surface area contributed by atoms with Crippen LogP contribution in [0.5, 0.6) is 0 Å². The third kappa shape index (κ3) is 4.82. The molecule has 0 bridgehead atoms. The third-order valence-electron chi connectivity index (χ3n) is 5.00. The Morgan fingerprint density at radius 2 is 1.66 bits per heavy atom. The van der Waals surface area contributed by atoms with Crippen molar-refractivity contribution in [3.05, 3.63) is 64.4 Å². The highest BCUT2D eigenvalue weighted by atomic mass is 32.1. The fraction of sp³-hybridized carbons (Fsp3) is 0.348. The van der Waals surface area contributed by atoms with Crippen LogP contribution in [-0.2, 0) is 5.41 Å². The Morgan fingerprint density at radius 1 is 1.03 bits per heavy atom. The Bertz CT molecular complexity index is 1020. The van der Waals surface area contributed by atoms with Crippen molar-refractivity contribution < 1.29 is 0 Å². The molecule has 0 aliphatic rings. The normalized spacial score (nSPS) is 11.9. The predicted molar refractivity (Wildman–Crippen MR) is 125 cm³/mol. The minimum Gasteiger partial charge on any atom is -0.372 e. The number of nitrogens with one attached hydrogen (secondary N) is 1. The van der Waals surface area contributed by atoms with Crippen LogP contribution in [-0.4, -0.2) is 34.2 Å². The van der Waals surface area contributed by atoms with E-state index in [9.17, 15) is 0 Å². The molecule has 0 saturated heterocycles. The summed E-state index contributed by atoms with van der Waals surface area (Å²) in [5, 5.41) is 11.8. The van der Waals surface area contributed by atoms with Gasteiger partial charge in [-0.15, -0.1) is 0 Å². The van der Waals surface area contributed by atoms with E-state index >= 15 is 0 Å². The molecular formula is C23H29N5S. The van der Waals surface area contributed by atoms with Crippen LogP contribution < -0.4 is 4.90 Å². The van der Waals surface area contributed by atoms with E-state index in [4.69, 9.17) is 12.2 Å². The van der Waals surface area contributed by atoms with Crippen LogP contribution in [0.15, 0.2) is 53.6 Å². The van der Waals surface area contributed by atoms with Crippen molar-refractivity contribution in [3.8, 4) is 11.4 Å². The van der Waals surface area contributed by atoms with Gasteiger partial charge < -0.3 is 4.90 Å². The van der Waals surface area contributed by atoms with Crippen LogP contribution in [0.1, 0.15) is 45.7 Å². The minimum absolute atomic E-state index is 0.110. The standard InChI is InChI=1S/C23H29N5S/c1-6-27(7-2)20-14-8-17(9-15-20)16-24-28-21(25-26-22(28)29)18-10-12-19(13-11-18)23(3,4)5/h8-16H,6-7H2,1-5H3,(H,26,29)/b24-16-. The summed E-state index contributed by atoms with van der Waals surface area (Å²) in [6.07, 6.45) is 1.81. The van der Waals surface area contributed by atoms with Gasteiger partial charge in [-0.25, -0.2) is 5.10 Å². The van der Waals surface area contributed by atoms with Crippen molar-refractivity contribution in [1.29, 1.82) is 0 Å². The highest BCUT2D eigenvalue weighted by Crippen LogP contribution is 2.25. The summed E-state index contributed by atoms with van der Waals surface area (Å²) in [6.45, 7) is 12.9. The van der Waals surface area contributed by atoms with E-state index in [0.717, 1.165) is 24.2 Å². The van der Waals surface area contributed by atoms with Gasteiger partial charge in [0.1, 0.15) is 0 Å². The molecule has 0 atom stereocenters. The zero-order valence-electron chi connectivity index (χ0n) is 17.8. The molecule has 0 saturated carbocycles. The average molecular weight is 408 g/mol. The van der Waals surface area contributed by atoms with Gasteiger partial charge in [0.15, 0.2) is 5.82 Å². The molecule has 0 radical (unpaired) electrons. The zero-order valence-corrected chi connectivity index (χ0v) is 18.6. The Morgan fingerprint density at radius 3 is 2.21 bits per heavy atom. The largest absolute Gasteiger partial charge is 0.372 e. The molecule has 3 aromatic rings. The van der Waals surface area contributed by atoms with E-state index in [1.165, 1.54) is 11.3 Å². The average Bonchev–Trinajstić information content (AvgIpc) is 3.08. The molecule has 1 heterocycles. The van der Waals surface area contributed by atoms with Crippen molar-refractivity contribution in [1.82, 2.24) is 14.9 Å². The number of aromatic amines is 1. The monoisotopic (exact) mass is 407 g/mol. The molecule has 1 aromatic heterocycles. The van der Waals surface area contributed by atoms with Gasteiger partial charge in [-0.2, -0.15) is 14.9 Å². The maximum Gasteiger partial charge on any atom is 0.216 e. The number of anilines is 1. The van der Waals surface area contributed by atoms with E-state index in [2.05, 4.69) is 103 Å². The maximum absolute atomic E-state index is 5.38. The zero-order chi connectivity index (χ0) is 21.0. The number of hydrogen-bond acceptors (Lipinski definition) is 4. The molecule has 0 spiro atoms.